The maximum atomic E-state index is 13.0. The van der Waals surface area contributed by atoms with E-state index < -0.39 is 27.7 Å². The van der Waals surface area contributed by atoms with Crippen LogP contribution in [-0.4, -0.2) is 56.3 Å². The van der Waals surface area contributed by atoms with Crippen LogP contribution in [0, 0.1) is 0 Å². The van der Waals surface area contributed by atoms with Gasteiger partial charge in [0.05, 0.1) is 23.5 Å². The second kappa shape index (κ2) is 9.15. The molecule has 1 aliphatic heterocycles. The van der Waals surface area contributed by atoms with Gasteiger partial charge in [-0.2, -0.15) is 17.5 Å². The molecule has 1 amide bonds. The van der Waals surface area contributed by atoms with E-state index in [0.717, 1.165) is 6.07 Å². The number of para-hydroxylation sites is 1. The molecule has 1 heterocycles. The minimum atomic E-state index is -4.57. The lowest BCUT2D eigenvalue weighted by Gasteiger charge is -2.33. The first-order valence-corrected chi connectivity index (χ1v) is 11.0. The topological polar surface area (TPSA) is 69.7 Å². The van der Waals surface area contributed by atoms with E-state index in [2.05, 4.69) is 5.32 Å². The van der Waals surface area contributed by atoms with Crippen molar-refractivity contribution in [3.8, 4) is 0 Å². The molecule has 30 heavy (non-hydrogen) atoms. The molecule has 1 N–H and O–H groups in total. The van der Waals surface area contributed by atoms with E-state index in [0.29, 0.717) is 18.7 Å². The number of halogens is 3. The van der Waals surface area contributed by atoms with E-state index in [-0.39, 0.29) is 31.1 Å². The zero-order valence-corrected chi connectivity index (χ0v) is 16.9. The van der Waals surface area contributed by atoms with Crippen molar-refractivity contribution < 1.29 is 26.4 Å². The van der Waals surface area contributed by atoms with Gasteiger partial charge in [0.1, 0.15) is 0 Å². The summed E-state index contributed by atoms with van der Waals surface area (Å²) in [6.45, 7) is 0.979. The van der Waals surface area contributed by atoms with Crippen molar-refractivity contribution in [2.24, 2.45) is 0 Å². The molecule has 3 rings (SSSR count). The number of alkyl halides is 3. The van der Waals surface area contributed by atoms with Gasteiger partial charge in [0.2, 0.25) is 15.9 Å². The van der Waals surface area contributed by atoms with Crippen LogP contribution >= 0.6 is 0 Å². The van der Waals surface area contributed by atoms with Crippen LogP contribution in [0.5, 0.6) is 0 Å². The summed E-state index contributed by atoms with van der Waals surface area (Å²) in [4.78, 5) is 13.9. The highest BCUT2D eigenvalue weighted by Gasteiger charge is 2.34. The number of carbonyl (C=O) groups is 1. The third-order valence-electron chi connectivity index (χ3n) is 4.79. The number of benzene rings is 2. The fraction of sp³-hybridized carbons (Fsp3) is 0.350. The van der Waals surface area contributed by atoms with Crippen LogP contribution in [0.3, 0.4) is 0 Å². The summed E-state index contributed by atoms with van der Waals surface area (Å²) in [5.41, 5.74) is -0.503. The average Bonchev–Trinajstić information content (AvgIpc) is 2.68. The summed E-state index contributed by atoms with van der Waals surface area (Å²) >= 11 is 0. The molecule has 10 heteroatoms. The number of hydrogen-bond donors (Lipinski definition) is 1. The molecule has 1 aliphatic rings. The van der Waals surface area contributed by atoms with Gasteiger partial charge in [-0.15, -0.1) is 0 Å². The van der Waals surface area contributed by atoms with E-state index in [4.69, 9.17) is 0 Å². The lowest BCUT2D eigenvalue weighted by molar-refractivity contribution is -0.137. The zero-order chi connectivity index (χ0) is 21.8. The number of hydrogen-bond acceptors (Lipinski definition) is 4. The molecule has 0 aliphatic carbocycles. The number of carbonyl (C=O) groups excluding carboxylic acids is 1. The number of rotatable bonds is 6. The fourth-order valence-corrected chi connectivity index (χ4v) is 4.79. The molecule has 0 spiro atoms. The highest BCUT2D eigenvalue weighted by Crippen LogP contribution is 2.34. The maximum Gasteiger partial charge on any atom is 0.418 e. The first-order chi connectivity index (χ1) is 14.1. The minimum Gasteiger partial charge on any atom is -0.324 e. The van der Waals surface area contributed by atoms with Gasteiger partial charge < -0.3 is 5.32 Å². The summed E-state index contributed by atoms with van der Waals surface area (Å²) in [7, 11) is -3.48. The summed E-state index contributed by atoms with van der Waals surface area (Å²) in [6.07, 6.45) is -4.57. The molecule has 0 unspecified atom stereocenters. The highest BCUT2D eigenvalue weighted by atomic mass is 32.2. The third kappa shape index (κ3) is 5.80. The largest absolute Gasteiger partial charge is 0.418 e. The Morgan fingerprint density at radius 1 is 0.933 bits per heavy atom. The molecule has 2 aromatic rings. The van der Waals surface area contributed by atoms with Crippen LogP contribution in [0.25, 0.3) is 0 Å². The second-order valence-corrected chi connectivity index (χ2v) is 8.98. The Morgan fingerprint density at radius 2 is 1.53 bits per heavy atom. The monoisotopic (exact) mass is 441 g/mol. The number of anilines is 1. The molecule has 162 valence electrons. The predicted molar refractivity (Wildman–Crippen MR) is 107 cm³/mol. The summed E-state index contributed by atoms with van der Waals surface area (Å²) in [5, 5.41) is 2.31. The normalized spacial score (nSPS) is 16.4. The number of nitrogens with one attached hydrogen (secondary N) is 1. The van der Waals surface area contributed by atoms with E-state index in [9.17, 15) is 26.4 Å². The number of sulfonamides is 1. The first-order valence-electron chi connectivity index (χ1n) is 9.35. The van der Waals surface area contributed by atoms with Crippen molar-refractivity contribution in [3.63, 3.8) is 0 Å². The number of piperazine rings is 1. The summed E-state index contributed by atoms with van der Waals surface area (Å²) in [6, 6.07) is 13.6. The summed E-state index contributed by atoms with van der Waals surface area (Å²) < 4.78 is 65.7. The van der Waals surface area contributed by atoms with E-state index in [1.54, 1.807) is 29.2 Å². The number of amides is 1. The van der Waals surface area contributed by atoms with Gasteiger partial charge in [0.25, 0.3) is 0 Å². The van der Waals surface area contributed by atoms with Crippen LogP contribution < -0.4 is 5.32 Å². The van der Waals surface area contributed by atoms with Crippen LogP contribution in [0.2, 0.25) is 0 Å². The Labute approximate surface area is 173 Å². The van der Waals surface area contributed by atoms with Crippen molar-refractivity contribution in [2.45, 2.75) is 11.9 Å². The van der Waals surface area contributed by atoms with Crippen molar-refractivity contribution in [2.75, 3.05) is 38.0 Å². The second-order valence-electron chi connectivity index (χ2n) is 7.01. The van der Waals surface area contributed by atoms with Crippen LogP contribution in [0.1, 0.15) is 11.1 Å². The molecular weight excluding hydrogens is 419 g/mol. The lowest BCUT2D eigenvalue weighted by atomic mass is 10.1. The Bertz CT molecular complexity index is 974. The predicted octanol–water partition coefficient (Wildman–Crippen LogP) is 2.79. The Kier molecular flexibility index (Phi) is 6.79. The van der Waals surface area contributed by atoms with Gasteiger partial charge in [-0.3, -0.25) is 9.69 Å². The Morgan fingerprint density at radius 3 is 2.17 bits per heavy atom. The molecular formula is C20H22F3N3O3S. The van der Waals surface area contributed by atoms with E-state index >= 15 is 0 Å². The van der Waals surface area contributed by atoms with Gasteiger partial charge in [0, 0.05) is 26.2 Å². The van der Waals surface area contributed by atoms with Gasteiger partial charge in [-0.25, -0.2) is 8.42 Å². The zero-order valence-electron chi connectivity index (χ0n) is 16.1. The van der Waals surface area contributed by atoms with Crippen molar-refractivity contribution in [3.05, 3.63) is 65.7 Å². The first kappa shape index (κ1) is 22.3. The van der Waals surface area contributed by atoms with Crippen LogP contribution in [-0.2, 0) is 26.7 Å². The standard InChI is InChI=1S/C20H22F3N3O3S/c21-20(22,23)17-8-4-5-9-18(17)24-19(27)14-25-10-12-26(13-11-25)30(28,29)15-16-6-2-1-3-7-16/h1-9H,10-15H2,(H,24,27). The molecule has 0 atom stereocenters. The smallest absolute Gasteiger partial charge is 0.324 e. The molecule has 0 bridgehead atoms. The number of nitrogens with zero attached hydrogens (tertiary/aromatic N) is 2. The molecule has 1 fully saturated rings. The molecule has 1 saturated heterocycles. The van der Waals surface area contributed by atoms with E-state index in [1.165, 1.54) is 22.5 Å². The van der Waals surface area contributed by atoms with Gasteiger partial charge in [0.15, 0.2) is 0 Å². The molecule has 6 nitrogen and oxygen atoms in total. The third-order valence-corrected chi connectivity index (χ3v) is 6.64. The molecule has 0 saturated carbocycles. The fourth-order valence-electron chi connectivity index (χ4n) is 3.27. The van der Waals surface area contributed by atoms with Crippen molar-refractivity contribution in [1.82, 2.24) is 9.21 Å². The highest BCUT2D eigenvalue weighted by molar-refractivity contribution is 7.88. The Hall–Kier alpha value is -2.43. The SMILES string of the molecule is O=C(CN1CCN(S(=O)(=O)Cc2ccccc2)CC1)Nc1ccccc1C(F)(F)F. The van der Waals surface area contributed by atoms with Gasteiger partial charge in [-0.1, -0.05) is 42.5 Å². The van der Waals surface area contributed by atoms with Crippen LogP contribution in [0.15, 0.2) is 54.6 Å². The van der Waals surface area contributed by atoms with Crippen LogP contribution in [0.4, 0.5) is 18.9 Å². The maximum absolute atomic E-state index is 13.0. The van der Waals surface area contributed by atoms with Gasteiger partial charge >= 0.3 is 6.18 Å². The van der Waals surface area contributed by atoms with Crippen molar-refractivity contribution >= 4 is 21.6 Å². The van der Waals surface area contributed by atoms with Gasteiger partial charge in [-0.05, 0) is 17.7 Å². The quantitative estimate of drug-likeness (QED) is 0.749. The van der Waals surface area contributed by atoms with Crippen molar-refractivity contribution in [1.29, 1.82) is 0 Å². The van der Waals surface area contributed by atoms with E-state index in [1.807, 2.05) is 6.07 Å². The molecule has 2 aromatic carbocycles. The molecule has 0 aromatic heterocycles. The summed E-state index contributed by atoms with van der Waals surface area (Å²) in [5.74, 6) is -0.671. The Balaban J connectivity index is 1.53. The minimum absolute atomic E-state index is 0.0947. The average molecular weight is 441 g/mol. The molecule has 0 radical (unpaired) electrons. The lowest BCUT2D eigenvalue weighted by Crippen LogP contribution is -2.50.